The standard InChI is InChI=1S/C22H27N3O4/c1-28-18-8-4-5-16(11-18)22(27)25(17-6-2-3-7-17)14-19-12-20(24-29-19)21(26)23-13-15-9-10-15/h4-5,8,11-12,15,17H,2-3,6-7,9-10,13-14H2,1H3,(H,23,26). The van der Waals surface area contributed by atoms with E-state index in [9.17, 15) is 9.59 Å². The van der Waals surface area contributed by atoms with Gasteiger partial charge in [0.25, 0.3) is 11.8 Å². The number of ether oxygens (including phenoxy) is 1. The Hall–Kier alpha value is -2.83. The van der Waals surface area contributed by atoms with Gasteiger partial charge in [0, 0.05) is 24.2 Å². The first-order chi connectivity index (χ1) is 14.1. The van der Waals surface area contributed by atoms with Gasteiger partial charge in [-0.3, -0.25) is 9.59 Å². The minimum Gasteiger partial charge on any atom is -0.497 e. The summed E-state index contributed by atoms with van der Waals surface area (Å²) in [4.78, 5) is 27.3. The van der Waals surface area contributed by atoms with Crippen molar-refractivity contribution < 1.29 is 18.8 Å². The lowest BCUT2D eigenvalue weighted by atomic mass is 10.1. The minimum atomic E-state index is -0.224. The van der Waals surface area contributed by atoms with Crippen molar-refractivity contribution >= 4 is 11.8 Å². The van der Waals surface area contributed by atoms with Gasteiger partial charge in [-0.1, -0.05) is 24.1 Å². The van der Waals surface area contributed by atoms with Crippen LogP contribution in [0.3, 0.4) is 0 Å². The molecule has 0 radical (unpaired) electrons. The molecule has 0 aliphatic heterocycles. The molecular weight excluding hydrogens is 370 g/mol. The van der Waals surface area contributed by atoms with Crippen LogP contribution >= 0.6 is 0 Å². The normalized spacial score (nSPS) is 16.6. The van der Waals surface area contributed by atoms with E-state index in [1.807, 2.05) is 17.0 Å². The zero-order valence-electron chi connectivity index (χ0n) is 16.7. The third-order valence-electron chi connectivity index (χ3n) is 5.71. The van der Waals surface area contributed by atoms with Crippen molar-refractivity contribution in [3.63, 3.8) is 0 Å². The second-order valence-electron chi connectivity index (χ2n) is 7.94. The maximum absolute atomic E-state index is 13.3. The molecule has 154 valence electrons. The monoisotopic (exact) mass is 397 g/mol. The lowest BCUT2D eigenvalue weighted by Gasteiger charge is -2.28. The fraction of sp³-hybridized carbons (Fsp3) is 0.500. The summed E-state index contributed by atoms with van der Waals surface area (Å²) in [5, 5.41) is 6.80. The molecule has 1 aromatic heterocycles. The molecule has 0 atom stereocenters. The maximum Gasteiger partial charge on any atom is 0.273 e. The molecule has 0 spiro atoms. The van der Waals surface area contributed by atoms with Gasteiger partial charge < -0.3 is 19.5 Å². The van der Waals surface area contributed by atoms with E-state index in [0.717, 1.165) is 25.7 Å². The highest BCUT2D eigenvalue weighted by molar-refractivity contribution is 5.95. The minimum absolute atomic E-state index is 0.0630. The Morgan fingerprint density at radius 1 is 1.21 bits per heavy atom. The van der Waals surface area contributed by atoms with Crippen molar-refractivity contribution in [3.8, 4) is 5.75 Å². The van der Waals surface area contributed by atoms with Crippen molar-refractivity contribution in [2.24, 2.45) is 5.92 Å². The van der Waals surface area contributed by atoms with Gasteiger partial charge in [0.1, 0.15) is 5.75 Å². The van der Waals surface area contributed by atoms with Crippen molar-refractivity contribution in [1.29, 1.82) is 0 Å². The SMILES string of the molecule is COc1cccc(C(=O)N(Cc2cc(C(=O)NCC3CC3)no2)C2CCCC2)c1. The molecule has 1 heterocycles. The fourth-order valence-electron chi connectivity index (χ4n) is 3.82. The summed E-state index contributed by atoms with van der Waals surface area (Å²) < 4.78 is 10.7. The lowest BCUT2D eigenvalue weighted by molar-refractivity contribution is 0.0643. The highest BCUT2D eigenvalue weighted by Gasteiger charge is 2.29. The number of nitrogens with one attached hydrogen (secondary N) is 1. The number of carbonyl (C=O) groups is 2. The second kappa shape index (κ2) is 8.68. The highest BCUT2D eigenvalue weighted by Crippen LogP contribution is 2.28. The first-order valence-electron chi connectivity index (χ1n) is 10.3. The molecule has 2 aliphatic carbocycles. The van der Waals surface area contributed by atoms with Crippen LogP contribution in [0.1, 0.15) is 65.1 Å². The number of rotatable bonds is 8. The van der Waals surface area contributed by atoms with Crippen LogP contribution in [0.4, 0.5) is 0 Å². The number of hydrogen-bond donors (Lipinski definition) is 1. The Morgan fingerprint density at radius 2 is 2.00 bits per heavy atom. The van der Waals surface area contributed by atoms with Crippen LogP contribution in [0, 0.1) is 5.92 Å². The van der Waals surface area contributed by atoms with E-state index in [2.05, 4.69) is 10.5 Å². The smallest absolute Gasteiger partial charge is 0.273 e. The summed E-state index contributed by atoms with van der Waals surface area (Å²) in [6, 6.07) is 8.98. The maximum atomic E-state index is 13.3. The third-order valence-corrected chi connectivity index (χ3v) is 5.71. The van der Waals surface area contributed by atoms with E-state index in [4.69, 9.17) is 9.26 Å². The van der Waals surface area contributed by atoms with Crippen LogP contribution in [0.5, 0.6) is 5.75 Å². The molecule has 29 heavy (non-hydrogen) atoms. The van der Waals surface area contributed by atoms with Gasteiger partial charge in [-0.2, -0.15) is 0 Å². The zero-order chi connectivity index (χ0) is 20.2. The van der Waals surface area contributed by atoms with E-state index in [1.54, 1.807) is 25.3 Å². The predicted octanol–water partition coefficient (Wildman–Crippen LogP) is 3.41. The molecule has 0 bridgehead atoms. The number of hydrogen-bond acceptors (Lipinski definition) is 5. The summed E-state index contributed by atoms with van der Waals surface area (Å²) in [6.45, 7) is 0.979. The van der Waals surface area contributed by atoms with Crippen molar-refractivity contribution in [2.45, 2.75) is 51.1 Å². The molecule has 0 saturated heterocycles. The Kier molecular flexibility index (Phi) is 5.83. The van der Waals surface area contributed by atoms with E-state index in [0.29, 0.717) is 36.1 Å². The second-order valence-corrected chi connectivity index (χ2v) is 7.94. The van der Waals surface area contributed by atoms with Crippen LogP contribution in [-0.4, -0.2) is 41.6 Å². The average Bonchev–Trinajstić information content (AvgIpc) is 3.20. The van der Waals surface area contributed by atoms with Crippen LogP contribution in [-0.2, 0) is 6.54 Å². The summed E-state index contributed by atoms with van der Waals surface area (Å²) >= 11 is 0. The van der Waals surface area contributed by atoms with Gasteiger partial charge in [-0.05, 0) is 49.8 Å². The molecule has 2 aromatic rings. The number of amides is 2. The largest absolute Gasteiger partial charge is 0.497 e. The first kappa shape index (κ1) is 19.5. The Labute approximate surface area is 170 Å². The van der Waals surface area contributed by atoms with Gasteiger partial charge in [0.15, 0.2) is 11.5 Å². The van der Waals surface area contributed by atoms with Crippen LogP contribution in [0.25, 0.3) is 0 Å². The predicted molar refractivity (Wildman–Crippen MR) is 107 cm³/mol. The Bertz CT molecular complexity index is 868. The molecule has 1 N–H and O–H groups in total. The molecule has 2 fully saturated rings. The molecule has 2 saturated carbocycles. The summed E-state index contributed by atoms with van der Waals surface area (Å²) in [5.41, 5.74) is 0.846. The van der Waals surface area contributed by atoms with Gasteiger partial charge >= 0.3 is 0 Å². The average molecular weight is 397 g/mol. The summed E-state index contributed by atoms with van der Waals surface area (Å²) in [6.07, 6.45) is 6.51. The number of carbonyl (C=O) groups excluding carboxylic acids is 2. The van der Waals surface area contributed by atoms with E-state index >= 15 is 0 Å². The molecule has 2 amide bonds. The van der Waals surface area contributed by atoms with Gasteiger partial charge in [-0.25, -0.2) is 0 Å². The fourth-order valence-corrected chi connectivity index (χ4v) is 3.82. The Morgan fingerprint density at radius 3 is 2.72 bits per heavy atom. The van der Waals surface area contributed by atoms with Crippen molar-refractivity contribution in [3.05, 3.63) is 47.3 Å². The van der Waals surface area contributed by atoms with Crippen LogP contribution in [0.2, 0.25) is 0 Å². The van der Waals surface area contributed by atoms with E-state index in [-0.39, 0.29) is 23.6 Å². The van der Waals surface area contributed by atoms with Gasteiger partial charge in [0.05, 0.1) is 13.7 Å². The number of nitrogens with zero attached hydrogens (tertiary/aromatic N) is 2. The van der Waals surface area contributed by atoms with E-state index in [1.165, 1.54) is 12.8 Å². The molecular formula is C22H27N3O4. The van der Waals surface area contributed by atoms with Gasteiger partial charge in [0.2, 0.25) is 0 Å². The molecule has 1 aromatic carbocycles. The molecule has 7 heteroatoms. The number of benzene rings is 1. The molecule has 0 unspecified atom stereocenters. The first-order valence-corrected chi connectivity index (χ1v) is 10.3. The summed E-state index contributed by atoms with van der Waals surface area (Å²) in [5.74, 6) is 1.48. The topological polar surface area (TPSA) is 84.7 Å². The van der Waals surface area contributed by atoms with E-state index < -0.39 is 0 Å². The lowest BCUT2D eigenvalue weighted by Crippen LogP contribution is -2.38. The third kappa shape index (κ3) is 4.78. The van der Waals surface area contributed by atoms with Crippen LogP contribution in [0.15, 0.2) is 34.9 Å². The zero-order valence-corrected chi connectivity index (χ0v) is 16.7. The molecule has 2 aliphatic rings. The quantitative estimate of drug-likeness (QED) is 0.738. The molecule has 4 rings (SSSR count). The highest BCUT2D eigenvalue weighted by atomic mass is 16.5. The summed E-state index contributed by atoms with van der Waals surface area (Å²) in [7, 11) is 1.59. The van der Waals surface area contributed by atoms with Crippen molar-refractivity contribution in [1.82, 2.24) is 15.4 Å². The van der Waals surface area contributed by atoms with Gasteiger partial charge in [-0.15, -0.1) is 0 Å². The molecule has 7 nitrogen and oxygen atoms in total. The van der Waals surface area contributed by atoms with Crippen molar-refractivity contribution in [2.75, 3.05) is 13.7 Å². The number of aromatic nitrogens is 1. The Balaban J connectivity index is 1.48. The number of methoxy groups -OCH3 is 1. The van der Waals surface area contributed by atoms with Crippen LogP contribution < -0.4 is 10.1 Å².